The topological polar surface area (TPSA) is 32.3 Å². The van der Waals surface area contributed by atoms with Crippen LogP contribution < -0.4 is 5.32 Å². The lowest BCUT2D eigenvalue weighted by molar-refractivity contribution is -0.129. The summed E-state index contributed by atoms with van der Waals surface area (Å²) in [4.78, 5) is 16.3. The van der Waals surface area contributed by atoms with Crippen molar-refractivity contribution in [3.05, 3.63) is 119 Å². The molecule has 1 heterocycles. The third-order valence-corrected chi connectivity index (χ3v) is 7.81. The number of likely N-dealkylation sites (tertiary alicyclic amines) is 1. The molecule has 1 aliphatic heterocycles. The van der Waals surface area contributed by atoms with Crippen molar-refractivity contribution >= 4 is 5.91 Å². The molecule has 1 saturated heterocycles. The van der Waals surface area contributed by atoms with Crippen LogP contribution in [0.2, 0.25) is 0 Å². The molecular formula is C31H34N2O. The first-order valence-corrected chi connectivity index (χ1v) is 12.6. The van der Waals surface area contributed by atoms with Crippen molar-refractivity contribution in [3.63, 3.8) is 0 Å². The number of aryl methyl sites for hydroxylation is 2. The van der Waals surface area contributed by atoms with E-state index in [1.54, 1.807) is 0 Å². The summed E-state index contributed by atoms with van der Waals surface area (Å²) in [5.41, 5.74) is 5.81. The zero-order chi connectivity index (χ0) is 23.4. The van der Waals surface area contributed by atoms with Crippen LogP contribution in [-0.4, -0.2) is 23.9 Å². The molecule has 174 valence electrons. The second-order valence-electron chi connectivity index (χ2n) is 9.75. The highest BCUT2D eigenvalue weighted by Gasteiger charge is 2.44. The van der Waals surface area contributed by atoms with Crippen molar-refractivity contribution in [2.75, 3.05) is 13.1 Å². The Morgan fingerprint density at radius 2 is 1.56 bits per heavy atom. The van der Waals surface area contributed by atoms with Gasteiger partial charge >= 0.3 is 0 Å². The van der Waals surface area contributed by atoms with Crippen LogP contribution in [0, 0.1) is 0 Å². The number of carbonyl (C=O) groups is 1. The molecule has 0 spiro atoms. The Morgan fingerprint density at radius 3 is 2.29 bits per heavy atom. The maximum absolute atomic E-state index is 13.9. The summed E-state index contributed by atoms with van der Waals surface area (Å²) in [6.45, 7) is 6.11. The summed E-state index contributed by atoms with van der Waals surface area (Å²) < 4.78 is 0. The monoisotopic (exact) mass is 450 g/mol. The van der Waals surface area contributed by atoms with Gasteiger partial charge in [-0.2, -0.15) is 0 Å². The first kappa shape index (κ1) is 22.5. The standard InChI is InChI=1S/C31H34N2O/c1-24(16-17-25-10-4-2-5-11-25)33-22-20-31(21-23-33,27-13-6-3-7-14-27)30(34)32-29-19-18-26-12-8-9-15-28(26)29/h2-15,29H,1,16-23H2,(H,32,34). The summed E-state index contributed by atoms with van der Waals surface area (Å²) in [7, 11) is 0. The van der Waals surface area contributed by atoms with Gasteiger partial charge in [0, 0.05) is 18.8 Å². The Kier molecular flexibility index (Phi) is 6.53. The Balaban J connectivity index is 1.29. The van der Waals surface area contributed by atoms with E-state index in [9.17, 15) is 4.79 Å². The predicted molar refractivity (Wildman–Crippen MR) is 138 cm³/mol. The van der Waals surface area contributed by atoms with Crippen LogP contribution in [0.4, 0.5) is 0 Å². The molecule has 0 radical (unpaired) electrons. The number of carbonyl (C=O) groups excluding carboxylic acids is 1. The molecule has 0 saturated carbocycles. The quantitative estimate of drug-likeness (QED) is 0.481. The van der Waals surface area contributed by atoms with Gasteiger partial charge in [-0.25, -0.2) is 0 Å². The van der Waals surface area contributed by atoms with E-state index in [-0.39, 0.29) is 11.9 Å². The van der Waals surface area contributed by atoms with E-state index in [0.29, 0.717) is 0 Å². The van der Waals surface area contributed by atoms with Gasteiger partial charge in [0.2, 0.25) is 5.91 Å². The normalized spacial score (nSPS) is 18.8. The summed E-state index contributed by atoms with van der Waals surface area (Å²) in [6, 6.07) is 29.6. The summed E-state index contributed by atoms with van der Waals surface area (Å²) in [6.07, 6.45) is 5.59. The van der Waals surface area contributed by atoms with Gasteiger partial charge in [0.25, 0.3) is 0 Å². The maximum Gasteiger partial charge on any atom is 0.231 e. The van der Waals surface area contributed by atoms with Crippen LogP contribution in [0.1, 0.15) is 54.0 Å². The van der Waals surface area contributed by atoms with E-state index in [2.05, 4.69) is 95.7 Å². The van der Waals surface area contributed by atoms with Crippen LogP contribution in [0.3, 0.4) is 0 Å². The summed E-state index contributed by atoms with van der Waals surface area (Å²) >= 11 is 0. The molecular weight excluding hydrogens is 416 g/mol. The lowest BCUT2D eigenvalue weighted by Crippen LogP contribution is -2.52. The number of nitrogens with one attached hydrogen (secondary N) is 1. The molecule has 1 atom stereocenters. The van der Waals surface area contributed by atoms with Gasteiger partial charge in [0.1, 0.15) is 0 Å². The fourth-order valence-electron chi connectivity index (χ4n) is 5.70. The van der Waals surface area contributed by atoms with Crippen LogP contribution in [0.15, 0.2) is 97.2 Å². The molecule has 0 aromatic heterocycles. The highest BCUT2D eigenvalue weighted by molar-refractivity contribution is 5.89. The van der Waals surface area contributed by atoms with E-state index in [0.717, 1.165) is 57.2 Å². The number of benzene rings is 3. The number of amides is 1. The smallest absolute Gasteiger partial charge is 0.231 e. The van der Waals surface area contributed by atoms with Gasteiger partial charge in [-0.05, 0) is 60.8 Å². The minimum Gasteiger partial charge on any atom is -0.375 e. The molecule has 1 aliphatic carbocycles. The molecule has 1 fully saturated rings. The number of hydrogen-bond donors (Lipinski definition) is 1. The first-order valence-electron chi connectivity index (χ1n) is 12.6. The van der Waals surface area contributed by atoms with Gasteiger partial charge in [-0.15, -0.1) is 0 Å². The Hall–Kier alpha value is -3.33. The van der Waals surface area contributed by atoms with Crippen molar-refractivity contribution in [2.24, 2.45) is 0 Å². The molecule has 3 aromatic rings. The fourth-order valence-corrected chi connectivity index (χ4v) is 5.70. The number of nitrogens with zero attached hydrogens (tertiary/aromatic N) is 1. The molecule has 1 unspecified atom stereocenters. The molecule has 3 aromatic carbocycles. The van der Waals surface area contributed by atoms with E-state index in [4.69, 9.17) is 0 Å². The third-order valence-electron chi connectivity index (χ3n) is 7.81. The third kappa shape index (κ3) is 4.52. The van der Waals surface area contributed by atoms with Crippen LogP contribution in [-0.2, 0) is 23.1 Å². The molecule has 3 heteroatoms. The lowest BCUT2D eigenvalue weighted by Gasteiger charge is -2.43. The minimum atomic E-state index is -0.491. The zero-order valence-corrected chi connectivity index (χ0v) is 19.9. The minimum absolute atomic E-state index is 0.114. The van der Waals surface area contributed by atoms with Crippen molar-refractivity contribution in [3.8, 4) is 0 Å². The molecule has 5 rings (SSSR count). The highest BCUT2D eigenvalue weighted by Crippen LogP contribution is 2.39. The van der Waals surface area contributed by atoms with Crippen LogP contribution in [0.25, 0.3) is 0 Å². The van der Waals surface area contributed by atoms with Crippen molar-refractivity contribution < 1.29 is 4.79 Å². The average Bonchev–Trinajstić information content (AvgIpc) is 3.31. The predicted octanol–water partition coefficient (Wildman–Crippen LogP) is 5.97. The Bertz CT molecular complexity index is 1130. The molecule has 2 aliphatic rings. The maximum atomic E-state index is 13.9. The lowest BCUT2D eigenvalue weighted by atomic mass is 9.71. The molecule has 0 bridgehead atoms. The van der Waals surface area contributed by atoms with Crippen molar-refractivity contribution in [1.82, 2.24) is 10.2 Å². The zero-order valence-electron chi connectivity index (χ0n) is 19.9. The molecule has 34 heavy (non-hydrogen) atoms. The van der Waals surface area contributed by atoms with Gasteiger partial charge in [0.15, 0.2) is 0 Å². The van der Waals surface area contributed by atoms with Crippen molar-refractivity contribution in [1.29, 1.82) is 0 Å². The number of fused-ring (bicyclic) bond motifs is 1. The first-order chi connectivity index (χ1) is 16.7. The van der Waals surface area contributed by atoms with Gasteiger partial charge in [0.05, 0.1) is 11.5 Å². The second-order valence-corrected chi connectivity index (χ2v) is 9.75. The molecule has 3 nitrogen and oxygen atoms in total. The fraction of sp³-hybridized carbons (Fsp3) is 0.323. The summed E-state index contributed by atoms with van der Waals surface area (Å²) in [5.74, 6) is 0.176. The van der Waals surface area contributed by atoms with Gasteiger partial charge < -0.3 is 10.2 Å². The Morgan fingerprint density at radius 1 is 0.912 bits per heavy atom. The number of allylic oxidation sites excluding steroid dienone is 1. The number of piperidine rings is 1. The van der Waals surface area contributed by atoms with Crippen LogP contribution in [0.5, 0.6) is 0 Å². The van der Waals surface area contributed by atoms with E-state index in [1.165, 1.54) is 22.4 Å². The molecule has 1 N–H and O–H groups in total. The van der Waals surface area contributed by atoms with Gasteiger partial charge in [-0.3, -0.25) is 4.79 Å². The Labute approximate surface area is 203 Å². The largest absolute Gasteiger partial charge is 0.375 e. The van der Waals surface area contributed by atoms with E-state index in [1.807, 2.05) is 6.07 Å². The van der Waals surface area contributed by atoms with Crippen LogP contribution >= 0.6 is 0 Å². The number of rotatable bonds is 7. The SMILES string of the molecule is C=C(CCc1ccccc1)N1CCC(C(=O)NC2CCc3ccccc32)(c2ccccc2)CC1. The van der Waals surface area contributed by atoms with Crippen molar-refractivity contribution in [2.45, 2.75) is 50.0 Å². The van der Waals surface area contributed by atoms with E-state index >= 15 is 0 Å². The summed E-state index contributed by atoms with van der Waals surface area (Å²) in [5, 5.41) is 3.45. The van der Waals surface area contributed by atoms with Gasteiger partial charge in [-0.1, -0.05) is 91.5 Å². The van der Waals surface area contributed by atoms with E-state index < -0.39 is 5.41 Å². The molecule has 1 amide bonds. The number of hydrogen-bond acceptors (Lipinski definition) is 2. The highest BCUT2D eigenvalue weighted by atomic mass is 16.2. The second kappa shape index (κ2) is 9.89. The average molecular weight is 451 g/mol.